The number of hydrogen-bond donors (Lipinski definition) is 4. The van der Waals surface area contributed by atoms with E-state index in [1.54, 1.807) is 0 Å². The lowest BCUT2D eigenvalue weighted by Crippen LogP contribution is -2.53. The molecule has 0 saturated carbocycles. The van der Waals surface area contributed by atoms with Gasteiger partial charge in [-0.1, -0.05) is 0 Å². The van der Waals surface area contributed by atoms with Gasteiger partial charge in [0.2, 0.25) is 11.8 Å². The summed E-state index contributed by atoms with van der Waals surface area (Å²) in [5.74, 6) is -2.39. The fourth-order valence-corrected chi connectivity index (χ4v) is 1.04. The van der Waals surface area contributed by atoms with Crippen LogP contribution in [-0.4, -0.2) is 46.2 Å². The average Bonchev–Trinajstić information content (AvgIpc) is 2.11. The average molecular weight is 232 g/mol. The Hall–Kier alpha value is -1.63. The van der Waals surface area contributed by atoms with Crippen LogP contribution in [0.15, 0.2) is 0 Å². The van der Waals surface area contributed by atoms with Crippen molar-refractivity contribution in [1.29, 1.82) is 0 Å². The molecule has 7 heteroatoms. The van der Waals surface area contributed by atoms with Crippen LogP contribution in [-0.2, 0) is 14.4 Å². The number of carbonyl (C=O) groups is 3. The van der Waals surface area contributed by atoms with Gasteiger partial charge in [0.15, 0.2) is 6.04 Å². The minimum Gasteiger partial charge on any atom is -0.480 e. The van der Waals surface area contributed by atoms with Gasteiger partial charge in [-0.05, 0) is 13.8 Å². The molecule has 0 saturated heterocycles. The highest BCUT2D eigenvalue weighted by Crippen LogP contribution is 1.94. The predicted octanol–water partition coefficient (Wildman–Crippen LogP) is -1.54. The van der Waals surface area contributed by atoms with Crippen molar-refractivity contribution in [2.75, 3.05) is 0 Å². The zero-order valence-corrected chi connectivity index (χ0v) is 9.35. The third-order valence-corrected chi connectivity index (χ3v) is 1.86. The number of aliphatic carboxylic acids is 1. The van der Waals surface area contributed by atoms with Crippen molar-refractivity contribution in [2.24, 2.45) is 0 Å². The maximum absolute atomic E-state index is 11.4. The molecule has 3 atom stereocenters. The summed E-state index contributed by atoms with van der Waals surface area (Å²) in [6, 6.07) is -2.23. The molecule has 1 unspecified atom stereocenters. The number of carboxylic acid groups (broad SMARTS) is 1. The molecule has 0 aliphatic rings. The van der Waals surface area contributed by atoms with E-state index in [1.165, 1.54) is 20.8 Å². The fraction of sp³-hybridized carbons (Fsp3) is 0.667. The lowest BCUT2D eigenvalue weighted by atomic mass is 10.1. The third kappa shape index (κ3) is 4.74. The van der Waals surface area contributed by atoms with Crippen LogP contribution >= 0.6 is 0 Å². The summed E-state index contributed by atoms with van der Waals surface area (Å²) in [5, 5.41) is 22.2. The van der Waals surface area contributed by atoms with E-state index in [0.29, 0.717) is 0 Å². The molecule has 0 aliphatic heterocycles. The molecule has 0 heterocycles. The standard InChI is InChI=1S/C9H16N2O5/c1-4(10-6(3)13)8(14)11-7(5(2)12)9(15)16/h4-5,7,12H,1-3H3,(H,10,13)(H,11,14)(H,15,16)/t4?,5-,7+/m1/s1. The number of carboxylic acids is 1. The van der Waals surface area contributed by atoms with E-state index in [0.717, 1.165) is 0 Å². The molecular weight excluding hydrogens is 216 g/mol. The lowest BCUT2D eigenvalue weighted by molar-refractivity contribution is -0.145. The van der Waals surface area contributed by atoms with Crippen molar-refractivity contribution < 1.29 is 24.6 Å². The Bertz CT molecular complexity index is 290. The van der Waals surface area contributed by atoms with Gasteiger partial charge in [-0.2, -0.15) is 0 Å². The normalized spacial score (nSPS) is 15.8. The second kappa shape index (κ2) is 6.06. The first-order valence-electron chi connectivity index (χ1n) is 4.74. The Kier molecular flexibility index (Phi) is 5.44. The smallest absolute Gasteiger partial charge is 0.328 e. The molecule has 0 aliphatic carbocycles. The number of amides is 2. The van der Waals surface area contributed by atoms with E-state index in [-0.39, 0.29) is 0 Å². The summed E-state index contributed by atoms with van der Waals surface area (Å²) >= 11 is 0. The maximum Gasteiger partial charge on any atom is 0.328 e. The number of rotatable bonds is 5. The number of aliphatic hydroxyl groups is 1. The molecule has 0 aromatic heterocycles. The fourth-order valence-electron chi connectivity index (χ4n) is 1.04. The topological polar surface area (TPSA) is 116 Å². The van der Waals surface area contributed by atoms with E-state index in [4.69, 9.17) is 10.2 Å². The SMILES string of the molecule is CC(=O)NC(C)C(=O)N[C@H](C(=O)O)[C@@H](C)O. The van der Waals surface area contributed by atoms with Crippen molar-refractivity contribution in [3.8, 4) is 0 Å². The molecule has 0 rings (SSSR count). The summed E-state index contributed by atoms with van der Waals surface area (Å²) in [6.45, 7) is 3.91. The zero-order valence-electron chi connectivity index (χ0n) is 9.35. The van der Waals surface area contributed by atoms with Gasteiger partial charge in [0.05, 0.1) is 6.10 Å². The van der Waals surface area contributed by atoms with Gasteiger partial charge in [-0.3, -0.25) is 9.59 Å². The van der Waals surface area contributed by atoms with Crippen molar-refractivity contribution in [3.05, 3.63) is 0 Å². The van der Waals surface area contributed by atoms with Gasteiger partial charge in [0.1, 0.15) is 6.04 Å². The first-order chi connectivity index (χ1) is 7.25. The van der Waals surface area contributed by atoms with Crippen LogP contribution in [0.5, 0.6) is 0 Å². The summed E-state index contributed by atoms with van der Waals surface area (Å²) in [7, 11) is 0. The van der Waals surface area contributed by atoms with E-state index < -0.39 is 36.0 Å². The second-order valence-corrected chi connectivity index (χ2v) is 3.49. The van der Waals surface area contributed by atoms with Crippen molar-refractivity contribution in [3.63, 3.8) is 0 Å². The molecular formula is C9H16N2O5. The summed E-state index contributed by atoms with van der Waals surface area (Å²) < 4.78 is 0. The minimum absolute atomic E-state index is 0.397. The summed E-state index contributed by atoms with van der Waals surface area (Å²) in [5.41, 5.74) is 0. The first-order valence-corrected chi connectivity index (χ1v) is 4.74. The van der Waals surface area contributed by atoms with Crippen LogP contribution in [0.2, 0.25) is 0 Å². The van der Waals surface area contributed by atoms with Gasteiger partial charge in [0.25, 0.3) is 0 Å². The number of carbonyl (C=O) groups excluding carboxylic acids is 2. The molecule has 0 aromatic rings. The molecule has 0 spiro atoms. The zero-order chi connectivity index (χ0) is 12.9. The van der Waals surface area contributed by atoms with Gasteiger partial charge in [-0.15, -0.1) is 0 Å². The van der Waals surface area contributed by atoms with E-state index in [2.05, 4.69) is 10.6 Å². The number of nitrogens with one attached hydrogen (secondary N) is 2. The lowest BCUT2D eigenvalue weighted by Gasteiger charge is -2.19. The highest BCUT2D eigenvalue weighted by atomic mass is 16.4. The van der Waals surface area contributed by atoms with E-state index >= 15 is 0 Å². The predicted molar refractivity (Wildman–Crippen MR) is 54.5 cm³/mol. The van der Waals surface area contributed by atoms with Crippen LogP contribution < -0.4 is 10.6 Å². The second-order valence-electron chi connectivity index (χ2n) is 3.49. The quantitative estimate of drug-likeness (QED) is 0.458. The van der Waals surface area contributed by atoms with Crippen LogP contribution in [0.25, 0.3) is 0 Å². The Morgan fingerprint density at radius 2 is 1.62 bits per heavy atom. The molecule has 92 valence electrons. The molecule has 16 heavy (non-hydrogen) atoms. The van der Waals surface area contributed by atoms with Crippen LogP contribution in [0.3, 0.4) is 0 Å². The van der Waals surface area contributed by atoms with Gasteiger partial charge in [0, 0.05) is 6.92 Å². The highest BCUT2D eigenvalue weighted by molar-refractivity contribution is 5.89. The molecule has 0 fully saturated rings. The largest absolute Gasteiger partial charge is 0.480 e. The van der Waals surface area contributed by atoms with Crippen molar-refractivity contribution in [2.45, 2.75) is 39.0 Å². The number of aliphatic hydroxyl groups excluding tert-OH is 1. The molecule has 0 aromatic carbocycles. The van der Waals surface area contributed by atoms with Crippen molar-refractivity contribution in [1.82, 2.24) is 10.6 Å². The third-order valence-electron chi connectivity index (χ3n) is 1.86. The summed E-state index contributed by atoms with van der Waals surface area (Å²) in [6.07, 6.45) is -1.22. The minimum atomic E-state index is -1.39. The van der Waals surface area contributed by atoms with Crippen LogP contribution in [0.1, 0.15) is 20.8 Å². The van der Waals surface area contributed by atoms with Crippen LogP contribution in [0.4, 0.5) is 0 Å². The van der Waals surface area contributed by atoms with E-state index in [9.17, 15) is 14.4 Å². The number of hydrogen-bond acceptors (Lipinski definition) is 4. The Balaban J connectivity index is 4.40. The van der Waals surface area contributed by atoms with Crippen LogP contribution in [0, 0.1) is 0 Å². The van der Waals surface area contributed by atoms with E-state index in [1.807, 2.05) is 0 Å². The Morgan fingerprint density at radius 1 is 1.12 bits per heavy atom. The highest BCUT2D eigenvalue weighted by Gasteiger charge is 2.27. The maximum atomic E-state index is 11.4. The molecule has 0 radical (unpaired) electrons. The molecule has 0 bridgehead atoms. The molecule has 7 nitrogen and oxygen atoms in total. The monoisotopic (exact) mass is 232 g/mol. The molecule has 2 amide bonds. The van der Waals surface area contributed by atoms with Crippen molar-refractivity contribution >= 4 is 17.8 Å². The molecule has 4 N–H and O–H groups in total. The Labute approximate surface area is 92.8 Å². The first kappa shape index (κ1) is 14.4. The van der Waals surface area contributed by atoms with Gasteiger partial charge in [-0.25, -0.2) is 4.79 Å². The van der Waals surface area contributed by atoms with Gasteiger partial charge >= 0.3 is 5.97 Å². The van der Waals surface area contributed by atoms with Gasteiger partial charge < -0.3 is 20.8 Å². The summed E-state index contributed by atoms with van der Waals surface area (Å²) in [4.78, 5) is 32.7. The Morgan fingerprint density at radius 3 is 1.94 bits per heavy atom.